The second-order valence-electron chi connectivity index (χ2n) is 6.55. The molecule has 6 heteroatoms. The SMILES string of the molecule is CC(=O)Nc1cc(NC(=O)c2ccccc2C(=O)c2ccc(Cl)cc2)ccc1C. The van der Waals surface area contributed by atoms with Crippen molar-refractivity contribution in [3.8, 4) is 0 Å². The average molecular weight is 407 g/mol. The molecule has 0 aromatic heterocycles. The van der Waals surface area contributed by atoms with Crippen LogP contribution in [0.1, 0.15) is 38.8 Å². The van der Waals surface area contributed by atoms with Gasteiger partial charge in [-0.2, -0.15) is 0 Å². The summed E-state index contributed by atoms with van der Waals surface area (Å²) in [6, 6.07) is 18.3. The van der Waals surface area contributed by atoms with E-state index in [-0.39, 0.29) is 17.3 Å². The lowest BCUT2D eigenvalue weighted by Crippen LogP contribution is -2.17. The van der Waals surface area contributed by atoms with E-state index in [1.54, 1.807) is 66.7 Å². The van der Waals surface area contributed by atoms with E-state index in [2.05, 4.69) is 10.6 Å². The van der Waals surface area contributed by atoms with Gasteiger partial charge in [-0.05, 0) is 55.0 Å². The summed E-state index contributed by atoms with van der Waals surface area (Å²) < 4.78 is 0. The zero-order valence-corrected chi connectivity index (χ0v) is 16.7. The Labute approximate surface area is 173 Å². The fourth-order valence-corrected chi connectivity index (χ4v) is 2.98. The standard InChI is InChI=1S/C23H19ClN2O3/c1-14-7-12-18(13-21(14)25-15(2)27)26-23(29)20-6-4-3-5-19(20)22(28)16-8-10-17(24)11-9-16/h3-13H,1-2H3,(H,25,27)(H,26,29). The molecule has 0 radical (unpaired) electrons. The second kappa shape index (κ2) is 8.71. The number of ketones is 1. The van der Waals surface area contributed by atoms with Gasteiger partial charge in [0.25, 0.3) is 5.91 Å². The van der Waals surface area contributed by atoms with Crippen molar-refractivity contribution in [1.82, 2.24) is 0 Å². The summed E-state index contributed by atoms with van der Waals surface area (Å²) in [5.74, 6) is -0.883. The van der Waals surface area contributed by atoms with Gasteiger partial charge >= 0.3 is 0 Å². The highest BCUT2D eigenvalue weighted by molar-refractivity contribution is 6.30. The monoisotopic (exact) mass is 406 g/mol. The molecule has 5 nitrogen and oxygen atoms in total. The molecule has 3 aromatic rings. The van der Waals surface area contributed by atoms with E-state index in [9.17, 15) is 14.4 Å². The van der Waals surface area contributed by atoms with Gasteiger partial charge in [0, 0.05) is 34.4 Å². The zero-order chi connectivity index (χ0) is 21.0. The summed E-state index contributed by atoms with van der Waals surface area (Å²) >= 11 is 5.89. The Balaban J connectivity index is 1.88. The number of aryl methyl sites for hydroxylation is 1. The number of amides is 2. The van der Waals surface area contributed by atoms with Gasteiger partial charge in [0.2, 0.25) is 5.91 Å². The molecule has 0 fully saturated rings. The first-order chi connectivity index (χ1) is 13.8. The highest BCUT2D eigenvalue weighted by atomic mass is 35.5. The molecule has 2 N–H and O–H groups in total. The summed E-state index contributed by atoms with van der Waals surface area (Å²) in [5, 5.41) is 6.05. The topological polar surface area (TPSA) is 75.3 Å². The second-order valence-corrected chi connectivity index (χ2v) is 6.98. The maximum atomic E-state index is 12.9. The molecule has 0 bridgehead atoms. The normalized spacial score (nSPS) is 10.3. The lowest BCUT2D eigenvalue weighted by Gasteiger charge is -2.12. The molecule has 29 heavy (non-hydrogen) atoms. The van der Waals surface area contributed by atoms with Crippen LogP contribution in [0.3, 0.4) is 0 Å². The third-order valence-electron chi connectivity index (χ3n) is 4.33. The van der Waals surface area contributed by atoms with Crippen molar-refractivity contribution in [2.45, 2.75) is 13.8 Å². The van der Waals surface area contributed by atoms with Crippen LogP contribution in [0.5, 0.6) is 0 Å². The largest absolute Gasteiger partial charge is 0.326 e. The van der Waals surface area contributed by atoms with E-state index in [1.165, 1.54) is 6.92 Å². The molecule has 0 heterocycles. The molecular weight excluding hydrogens is 388 g/mol. The van der Waals surface area contributed by atoms with E-state index in [0.717, 1.165) is 5.56 Å². The third kappa shape index (κ3) is 4.89. The highest BCUT2D eigenvalue weighted by Gasteiger charge is 2.18. The van der Waals surface area contributed by atoms with Crippen molar-refractivity contribution in [2.75, 3.05) is 10.6 Å². The molecule has 3 aromatic carbocycles. The summed E-state index contributed by atoms with van der Waals surface area (Å²) in [7, 11) is 0. The molecule has 0 atom stereocenters. The van der Waals surface area contributed by atoms with Crippen LogP contribution in [0, 0.1) is 6.92 Å². The van der Waals surface area contributed by atoms with Gasteiger partial charge in [0.1, 0.15) is 0 Å². The van der Waals surface area contributed by atoms with Crippen molar-refractivity contribution < 1.29 is 14.4 Å². The fraction of sp³-hybridized carbons (Fsp3) is 0.0870. The first kappa shape index (κ1) is 20.3. The van der Waals surface area contributed by atoms with Crippen molar-refractivity contribution in [3.63, 3.8) is 0 Å². The molecule has 0 aliphatic heterocycles. The van der Waals surface area contributed by atoms with Crippen LogP contribution in [0.15, 0.2) is 66.7 Å². The van der Waals surface area contributed by atoms with Gasteiger partial charge in [-0.25, -0.2) is 0 Å². The van der Waals surface area contributed by atoms with Crippen LogP contribution in [-0.4, -0.2) is 17.6 Å². The van der Waals surface area contributed by atoms with Crippen LogP contribution in [0.25, 0.3) is 0 Å². The number of hydrogen-bond donors (Lipinski definition) is 2. The molecule has 146 valence electrons. The van der Waals surface area contributed by atoms with Crippen molar-refractivity contribution in [3.05, 3.63) is 94.0 Å². The quantitative estimate of drug-likeness (QED) is 0.579. The molecule has 3 rings (SSSR count). The van der Waals surface area contributed by atoms with E-state index in [1.807, 2.05) is 6.92 Å². The molecule has 0 saturated heterocycles. The predicted molar refractivity (Wildman–Crippen MR) is 115 cm³/mol. The molecule has 0 spiro atoms. The number of nitrogens with one attached hydrogen (secondary N) is 2. The third-order valence-corrected chi connectivity index (χ3v) is 4.58. The van der Waals surface area contributed by atoms with Crippen LogP contribution in [0.4, 0.5) is 11.4 Å². The van der Waals surface area contributed by atoms with Crippen molar-refractivity contribution in [2.24, 2.45) is 0 Å². The molecule has 0 aliphatic rings. The maximum absolute atomic E-state index is 12.9. The molecular formula is C23H19ClN2O3. The number of benzene rings is 3. The number of hydrogen-bond acceptors (Lipinski definition) is 3. The van der Waals surface area contributed by atoms with Gasteiger partial charge in [0.05, 0.1) is 5.56 Å². The lowest BCUT2D eigenvalue weighted by molar-refractivity contribution is -0.114. The lowest BCUT2D eigenvalue weighted by atomic mass is 9.98. The average Bonchev–Trinajstić information content (AvgIpc) is 2.70. The van der Waals surface area contributed by atoms with Crippen LogP contribution >= 0.6 is 11.6 Å². The van der Waals surface area contributed by atoms with Gasteiger partial charge in [0.15, 0.2) is 5.78 Å². The van der Waals surface area contributed by atoms with E-state index < -0.39 is 5.91 Å². The first-order valence-electron chi connectivity index (χ1n) is 8.94. The number of carbonyl (C=O) groups is 3. The summed E-state index contributed by atoms with van der Waals surface area (Å²) in [6.07, 6.45) is 0. The number of halogens is 1. The van der Waals surface area contributed by atoms with Crippen molar-refractivity contribution >= 4 is 40.6 Å². The van der Waals surface area contributed by atoms with Crippen LogP contribution < -0.4 is 10.6 Å². The Hall–Kier alpha value is -3.44. The highest BCUT2D eigenvalue weighted by Crippen LogP contribution is 2.22. The van der Waals surface area contributed by atoms with Gasteiger partial charge in [-0.15, -0.1) is 0 Å². The Bertz CT molecular complexity index is 1090. The fourth-order valence-electron chi connectivity index (χ4n) is 2.86. The minimum Gasteiger partial charge on any atom is -0.326 e. The van der Waals surface area contributed by atoms with E-state index in [0.29, 0.717) is 27.5 Å². The predicted octanol–water partition coefficient (Wildman–Crippen LogP) is 5.09. The number of rotatable bonds is 5. The van der Waals surface area contributed by atoms with Crippen LogP contribution in [-0.2, 0) is 4.79 Å². The minimum absolute atomic E-state index is 0.199. The number of anilines is 2. The Morgan fingerprint density at radius 2 is 1.48 bits per heavy atom. The Morgan fingerprint density at radius 3 is 2.14 bits per heavy atom. The Kier molecular flexibility index (Phi) is 6.10. The molecule has 0 aliphatic carbocycles. The summed E-state index contributed by atoms with van der Waals surface area (Å²) in [6.45, 7) is 3.28. The zero-order valence-electron chi connectivity index (χ0n) is 16.0. The van der Waals surface area contributed by atoms with E-state index in [4.69, 9.17) is 11.6 Å². The summed E-state index contributed by atoms with van der Waals surface area (Å²) in [4.78, 5) is 37.1. The molecule has 2 amide bonds. The smallest absolute Gasteiger partial charge is 0.256 e. The minimum atomic E-state index is -0.416. The maximum Gasteiger partial charge on any atom is 0.256 e. The van der Waals surface area contributed by atoms with Gasteiger partial charge in [-0.3, -0.25) is 14.4 Å². The summed E-state index contributed by atoms with van der Waals surface area (Å²) in [5.41, 5.74) is 2.99. The Morgan fingerprint density at radius 1 is 0.828 bits per heavy atom. The van der Waals surface area contributed by atoms with Crippen molar-refractivity contribution in [1.29, 1.82) is 0 Å². The molecule has 0 saturated carbocycles. The first-order valence-corrected chi connectivity index (χ1v) is 9.32. The van der Waals surface area contributed by atoms with Gasteiger partial charge in [-0.1, -0.05) is 35.9 Å². The van der Waals surface area contributed by atoms with Gasteiger partial charge < -0.3 is 10.6 Å². The van der Waals surface area contributed by atoms with Crippen LogP contribution in [0.2, 0.25) is 5.02 Å². The van der Waals surface area contributed by atoms with E-state index >= 15 is 0 Å². The molecule has 0 unspecified atom stereocenters. The number of carbonyl (C=O) groups excluding carboxylic acids is 3.